The molecular weight excluding hydrogens is 155 g/mol. The predicted molar refractivity (Wildman–Crippen MR) is 46.9 cm³/mol. The minimum absolute atomic E-state index is 0.0607. The summed E-state index contributed by atoms with van der Waals surface area (Å²) in [7, 11) is 0. The molecule has 0 bridgehead atoms. The average molecular weight is 168 g/mol. The highest BCUT2D eigenvalue weighted by Gasteiger charge is 2.05. The Labute approximate surface area is 71.6 Å². The van der Waals surface area contributed by atoms with E-state index in [1.165, 1.54) is 12.1 Å². The van der Waals surface area contributed by atoms with Crippen LogP contribution in [0.1, 0.15) is 24.1 Å². The van der Waals surface area contributed by atoms with E-state index < -0.39 is 0 Å². The molecule has 3 N–H and O–H groups in total. The first kappa shape index (κ1) is 9.16. The van der Waals surface area contributed by atoms with Gasteiger partial charge < -0.3 is 0 Å². The van der Waals surface area contributed by atoms with Crippen molar-refractivity contribution in [2.24, 2.45) is 5.84 Å². The molecule has 0 radical (unpaired) electrons. The summed E-state index contributed by atoms with van der Waals surface area (Å²) in [6.07, 6.45) is 0. The molecular formula is C9H13FN2. The van der Waals surface area contributed by atoms with Crippen molar-refractivity contribution in [1.29, 1.82) is 0 Å². The monoisotopic (exact) mass is 168 g/mol. The smallest absolute Gasteiger partial charge is 0.123 e. The molecule has 0 aliphatic carbocycles. The van der Waals surface area contributed by atoms with Gasteiger partial charge in [0.05, 0.1) is 0 Å². The maximum absolute atomic E-state index is 12.7. The summed E-state index contributed by atoms with van der Waals surface area (Å²) >= 11 is 0. The van der Waals surface area contributed by atoms with E-state index in [0.717, 1.165) is 11.1 Å². The van der Waals surface area contributed by atoms with Gasteiger partial charge in [0.15, 0.2) is 0 Å². The van der Waals surface area contributed by atoms with Crippen molar-refractivity contribution < 1.29 is 4.39 Å². The van der Waals surface area contributed by atoms with Crippen molar-refractivity contribution in [1.82, 2.24) is 5.43 Å². The Morgan fingerprint density at radius 1 is 1.50 bits per heavy atom. The number of nitrogens with one attached hydrogen (secondary N) is 1. The number of nitrogens with two attached hydrogens (primary N) is 1. The zero-order valence-electron chi connectivity index (χ0n) is 7.26. The Morgan fingerprint density at radius 3 is 2.67 bits per heavy atom. The van der Waals surface area contributed by atoms with Gasteiger partial charge in [0, 0.05) is 6.04 Å². The van der Waals surface area contributed by atoms with Gasteiger partial charge in [-0.1, -0.05) is 6.07 Å². The summed E-state index contributed by atoms with van der Waals surface area (Å²) in [5.41, 5.74) is 4.56. The number of halogens is 1. The Kier molecular flexibility index (Phi) is 2.78. The highest BCUT2D eigenvalue weighted by atomic mass is 19.1. The molecule has 1 aromatic rings. The van der Waals surface area contributed by atoms with E-state index in [4.69, 9.17) is 5.84 Å². The van der Waals surface area contributed by atoms with Crippen LogP contribution in [0.25, 0.3) is 0 Å². The third-order valence-corrected chi connectivity index (χ3v) is 1.95. The fourth-order valence-electron chi connectivity index (χ4n) is 1.21. The molecule has 0 heterocycles. The fourth-order valence-corrected chi connectivity index (χ4v) is 1.21. The van der Waals surface area contributed by atoms with E-state index in [-0.39, 0.29) is 11.9 Å². The van der Waals surface area contributed by atoms with Crippen LogP contribution >= 0.6 is 0 Å². The molecule has 3 heteroatoms. The molecule has 1 aromatic carbocycles. The van der Waals surface area contributed by atoms with Crippen LogP contribution in [0, 0.1) is 12.7 Å². The van der Waals surface area contributed by atoms with E-state index in [2.05, 4.69) is 5.43 Å². The van der Waals surface area contributed by atoms with E-state index in [1.54, 1.807) is 6.07 Å². The highest BCUT2D eigenvalue weighted by Crippen LogP contribution is 2.16. The first-order chi connectivity index (χ1) is 5.65. The minimum Gasteiger partial charge on any atom is -0.271 e. The zero-order chi connectivity index (χ0) is 9.14. The van der Waals surface area contributed by atoms with Crippen molar-refractivity contribution >= 4 is 0 Å². The third-order valence-electron chi connectivity index (χ3n) is 1.95. The number of hydrogen-bond donors (Lipinski definition) is 2. The van der Waals surface area contributed by atoms with Crippen LogP contribution in [0.4, 0.5) is 4.39 Å². The lowest BCUT2D eigenvalue weighted by Crippen LogP contribution is -2.26. The lowest BCUT2D eigenvalue weighted by Gasteiger charge is -2.12. The van der Waals surface area contributed by atoms with Gasteiger partial charge >= 0.3 is 0 Å². The van der Waals surface area contributed by atoms with Gasteiger partial charge in [-0.2, -0.15) is 0 Å². The topological polar surface area (TPSA) is 38.0 Å². The molecule has 0 aliphatic heterocycles. The summed E-state index contributed by atoms with van der Waals surface area (Å²) in [6, 6.07) is 4.75. The molecule has 1 unspecified atom stereocenters. The van der Waals surface area contributed by atoms with Crippen LogP contribution in [0.2, 0.25) is 0 Å². The van der Waals surface area contributed by atoms with Crippen LogP contribution in [0.5, 0.6) is 0 Å². The molecule has 0 saturated carbocycles. The molecule has 0 saturated heterocycles. The molecule has 1 rings (SSSR count). The Morgan fingerprint density at radius 2 is 2.17 bits per heavy atom. The van der Waals surface area contributed by atoms with Crippen LogP contribution in [-0.4, -0.2) is 0 Å². The Hall–Kier alpha value is -0.930. The maximum atomic E-state index is 12.7. The van der Waals surface area contributed by atoms with E-state index in [0.29, 0.717) is 0 Å². The number of rotatable bonds is 2. The number of hydrazine groups is 1. The molecule has 0 aromatic heterocycles. The molecule has 1 atom stereocenters. The second-order valence-electron chi connectivity index (χ2n) is 2.89. The normalized spacial score (nSPS) is 13.0. The third kappa shape index (κ3) is 1.81. The van der Waals surface area contributed by atoms with Gasteiger partial charge in [-0.25, -0.2) is 4.39 Å². The average Bonchev–Trinajstić information content (AvgIpc) is 2.03. The largest absolute Gasteiger partial charge is 0.271 e. The lowest BCUT2D eigenvalue weighted by atomic mass is 10.0. The first-order valence-corrected chi connectivity index (χ1v) is 3.87. The number of aryl methyl sites for hydroxylation is 1. The SMILES string of the molecule is Cc1cc(F)ccc1C(C)NN. The van der Waals surface area contributed by atoms with Crippen LogP contribution in [-0.2, 0) is 0 Å². The van der Waals surface area contributed by atoms with Crippen molar-refractivity contribution in [3.8, 4) is 0 Å². The van der Waals surface area contributed by atoms with Crippen LogP contribution in [0.15, 0.2) is 18.2 Å². The second kappa shape index (κ2) is 3.65. The predicted octanol–water partition coefficient (Wildman–Crippen LogP) is 1.66. The first-order valence-electron chi connectivity index (χ1n) is 3.87. The Balaban J connectivity index is 3.01. The maximum Gasteiger partial charge on any atom is 0.123 e. The van der Waals surface area contributed by atoms with Crippen molar-refractivity contribution in [2.75, 3.05) is 0 Å². The van der Waals surface area contributed by atoms with Crippen LogP contribution in [0.3, 0.4) is 0 Å². The molecule has 0 amide bonds. The second-order valence-corrected chi connectivity index (χ2v) is 2.89. The Bertz CT molecular complexity index is 273. The number of benzene rings is 1. The molecule has 0 spiro atoms. The lowest BCUT2D eigenvalue weighted by molar-refractivity contribution is 0.591. The van der Waals surface area contributed by atoms with Crippen LogP contribution < -0.4 is 11.3 Å². The molecule has 66 valence electrons. The summed E-state index contributed by atoms with van der Waals surface area (Å²) in [4.78, 5) is 0. The molecule has 2 nitrogen and oxygen atoms in total. The van der Waals surface area contributed by atoms with Gasteiger partial charge in [0.25, 0.3) is 0 Å². The van der Waals surface area contributed by atoms with E-state index in [9.17, 15) is 4.39 Å². The standard InChI is InChI=1S/C9H13FN2/c1-6-5-8(10)3-4-9(6)7(2)12-11/h3-5,7,12H,11H2,1-2H3. The van der Waals surface area contributed by atoms with Crippen molar-refractivity contribution in [3.05, 3.63) is 35.1 Å². The van der Waals surface area contributed by atoms with E-state index >= 15 is 0 Å². The van der Waals surface area contributed by atoms with Gasteiger partial charge in [0.2, 0.25) is 0 Å². The van der Waals surface area contributed by atoms with Gasteiger partial charge in [-0.3, -0.25) is 11.3 Å². The van der Waals surface area contributed by atoms with Crippen molar-refractivity contribution in [2.45, 2.75) is 19.9 Å². The summed E-state index contributed by atoms with van der Waals surface area (Å²) in [5, 5.41) is 0. The molecule has 0 aliphatic rings. The van der Waals surface area contributed by atoms with Gasteiger partial charge in [-0.15, -0.1) is 0 Å². The summed E-state index contributed by atoms with van der Waals surface area (Å²) < 4.78 is 12.7. The zero-order valence-corrected chi connectivity index (χ0v) is 7.26. The van der Waals surface area contributed by atoms with Crippen molar-refractivity contribution in [3.63, 3.8) is 0 Å². The van der Waals surface area contributed by atoms with Gasteiger partial charge in [-0.05, 0) is 37.1 Å². The summed E-state index contributed by atoms with van der Waals surface area (Å²) in [6.45, 7) is 3.80. The molecule has 12 heavy (non-hydrogen) atoms. The van der Waals surface area contributed by atoms with Gasteiger partial charge in [0.1, 0.15) is 5.82 Å². The highest BCUT2D eigenvalue weighted by molar-refractivity contribution is 5.28. The fraction of sp³-hybridized carbons (Fsp3) is 0.333. The van der Waals surface area contributed by atoms with E-state index in [1.807, 2.05) is 13.8 Å². The minimum atomic E-state index is -0.208. The quantitative estimate of drug-likeness (QED) is 0.520. The number of hydrogen-bond acceptors (Lipinski definition) is 2. The summed E-state index contributed by atoms with van der Waals surface area (Å²) in [5.74, 6) is 5.06. The molecule has 0 fully saturated rings.